The standard InChI is InChI=1S/C13H17FN2O/c1-3-6-12(15)13(17)16(2)9-10-7-4-5-8-11(10)14/h3-5,7-8,12H,1,6,9,15H2,2H3. The summed E-state index contributed by atoms with van der Waals surface area (Å²) in [7, 11) is 1.61. The first-order valence-corrected chi connectivity index (χ1v) is 5.41. The topological polar surface area (TPSA) is 46.3 Å². The van der Waals surface area contributed by atoms with Gasteiger partial charge in [0.15, 0.2) is 0 Å². The summed E-state index contributed by atoms with van der Waals surface area (Å²) in [6.45, 7) is 3.75. The summed E-state index contributed by atoms with van der Waals surface area (Å²) < 4.78 is 13.4. The van der Waals surface area contributed by atoms with Crippen molar-refractivity contribution in [3.8, 4) is 0 Å². The average Bonchev–Trinajstić information content (AvgIpc) is 2.31. The molecular weight excluding hydrogens is 219 g/mol. The summed E-state index contributed by atoms with van der Waals surface area (Å²) in [6, 6.07) is 5.77. The minimum absolute atomic E-state index is 0.215. The number of carbonyl (C=O) groups is 1. The molecule has 0 bridgehead atoms. The fourth-order valence-corrected chi connectivity index (χ4v) is 1.52. The van der Waals surface area contributed by atoms with Crippen LogP contribution in [0.15, 0.2) is 36.9 Å². The molecule has 1 aromatic rings. The van der Waals surface area contributed by atoms with Gasteiger partial charge in [-0.05, 0) is 12.5 Å². The quantitative estimate of drug-likeness (QED) is 0.791. The lowest BCUT2D eigenvalue weighted by Crippen LogP contribution is -2.41. The second-order valence-corrected chi connectivity index (χ2v) is 3.92. The van der Waals surface area contributed by atoms with Crippen molar-refractivity contribution < 1.29 is 9.18 Å². The minimum Gasteiger partial charge on any atom is -0.340 e. The first kappa shape index (κ1) is 13.4. The number of carbonyl (C=O) groups excluding carboxylic acids is 1. The van der Waals surface area contributed by atoms with Crippen molar-refractivity contribution in [3.63, 3.8) is 0 Å². The minimum atomic E-state index is -0.607. The van der Waals surface area contributed by atoms with Crippen LogP contribution in [0.25, 0.3) is 0 Å². The SMILES string of the molecule is C=CCC(N)C(=O)N(C)Cc1ccccc1F. The molecule has 0 saturated carbocycles. The van der Waals surface area contributed by atoms with Gasteiger partial charge in [0.2, 0.25) is 5.91 Å². The molecular formula is C13H17FN2O. The number of nitrogens with zero attached hydrogens (tertiary/aromatic N) is 1. The third kappa shape index (κ3) is 3.67. The molecule has 0 heterocycles. The van der Waals surface area contributed by atoms with Crippen LogP contribution in [0.5, 0.6) is 0 Å². The van der Waals surface area contributed by atoms with Crippen LogP contribution < -0.4 is 5.73 Å². The Labute approximate surface area is 101 Å². The Balaban J connectivity index is 2.66. The molecule has 0 fully saturated rings. The Kier molecular flexibility index (Phi) is 4.84. The van der Waals surface area contributed by atoms with Crippen LogP contribution in [-0.4, -0.2) is 23.9 Å². The normalized spacial score (nSPS) is 11.9. The zero-order valence-electron chi connectivity index (χ0n) is 9.90. The van der Waals surface area contributed by atoms with E-state index in [9.17, 15) is 9.18 Å². The van der Waals surface area contributed by atoms with Crippen LogP contribution >= 0.6 is 0 Å². The number of hydrogen-bond acceptors (Lipinski definition) is 2. The highest BCUT2D eigenvalue weighted by Crippen LogP contribution is 2.09. The van der Waals surface area contributed by atoms with E-state index in [-0.39, 0.29) is 18.3 Å². The van der Waals surface area contributed by atoms with Crippen molar-refractivity contribution in [3.05, 3.63) is 48.3 Å². The summed E-state index contributed by atoms with van der Waals surface area (Å²) in [5.74, 6) is -0.530. The van der Waals surface area contributed by atoms with Crippen LogP contribution in [0.1, 0.15) is 12.0 Å². The molecule has 1 rings (SSSR count). The number of likely N-dealkylation sites (N-methyl/N-ethyl adjacent to an activating group) is 1. The Morgan fingerprint density at radius 1 is 1.59 bits per heavy atom. The van der Waals surface area contributed by atoms with Gasteiger partial charge < -0.3 is 10.6 Å². The van der Waals surface area contributed by atoms with Crippen molar-refractivity contribution in [2.75, 3.05) is 7.05 Å². The first-order valence-electron chi connectivity index (χ1n) is 5.41. The maximum Gasteiger partial charge on any atom is 0.239 e. The van der Waals surface area contributed by atoms with Crippen LogP contribution in [-0.2, 0) is 11.3 Å². The molecule has 1 aromatic carbocycles. The summed E-state index contributed by atoms with van der Waals surface area (Å²) in [5, 5.41) is 0. The van der Waals surface area contributed by atoms with Gasteiger partial charge in [0, 0.05) is 19.2 Å². The van der Waals surface area contributed by atoms with Gasteiger partial charge in [0.1, 0.15) is 5.82 Å². The predicted octanol–water partition coefficient (Wildman–Crippen LogP) is 1.69. The van der Waals surface area contributed by atoms with Crippen molar-refractivity contribution in [1.82, 2.24) is 4.90 Å². The zero-order chi connectivity index (χ0) is 12.8. The number of halogens is 1. The fraction of sp³-hybridized carbons (Fsp3) is 0.308. The Morgan fingerprint density at radius 3 is 2.82 bits per heavy atom. The second kappa shape index (κ2) is 6.15. The fourth-order valence-electron chi connectivity index (χ4n) is 1.52. The summed E-state index contributed by atoms with van der Waals surface area (Å²) in [6.07, 6.45) is 2.01. The van der Waals surface area contributed by atoms with E-state index in [0.29, 0.717) is 12.0 Å². The first-order chi connectivity index (χ1) is 8.06. The van der Waals surface area contributed by atoms with Crippen molar-refractivity contribution in [2.24, 2.45) is 5.73 Å². The van der Waals surface area contributed by atoms with Gasteiger partial charge in [-0.25, -0.2) is 4.39 Å². The van der Waals surface area contributed by atoms with Gasteiger partial charge in [-0.3, -0.25) is 4.79 Å². The number of benzene rings is 1. The number of amides is 1. The lowest BCUT2D eigenvalue weighted by atomic mass is 10.1. The van der Waals surface area contributed by atoms with Gasteiger partial charge in [-0.1, -0.05) is 24.3 Å². The van der Waals surface area contributed by atoms with E-state index in [4.69, 9.17) is 5.73 Å². The van der Waals surface area contributed by atoms with E-state index in [1.807, 2.05) is 0 Å². The van der Waals surface area contributed by atoms with Crippen LogP contribution in [0, 0.1) is 5.82 Å². The summed E-state index contributed by atoms with van der Waals surface area (Å²) in [4.78, 5) is 13.2. The molecule has 1 atom stereocenters. The van der Waals surface area contributed by atoms with E-state index < -0.39 is 6.04 Å². The second-order valence-electron chi connectivity index (χ2n) is 3.92. The molecule has 92 valence electrons. The smallest absolute Gasteiger partial charge is 0.239 e. The number of rotatable bonds is 5. The molecule has 0 aliphatic rings. The highest BCUT2D eigenvalue weighted by Gasteiger charge is 2.17. The van der Waals surface area contributed by atoms with Gasteiger partial charge in [0.25, 0.3) is 0 Å². The van der Waals surface area contributed by atoms with Crippen molar-refractivity contribution in [2.45, 2.75) is 19.0 Å². The maximum atomic E-state index is 13.4. The molecule has 0 radical (unpaired) electrons. The molecule has 3 nitrogen and oxygen atoms in total. The molecule has 1 amide bonds. The molecule has 2 N–H and O–H groups in total. The molecule has 1 unspecified atom stereocenters. The predicted molar refractivity (Wildman–Crippen MR) is 65.7 cm³/mol. The maximum absolute atomic E-state index is 13.4. The van der Waals surface area contributed by atoms with Crippen molar-refractivity contribution in [1.29, 1.82) is 0 Å². The Bertz CT molecular complexity index is 406. The monoisotopic (exact) mass is 236 g/mol. The molecule has 0 aliphatic carbocycles. The number of hydrogen-bond donors (Lipinski definition) is 1. The largest absolute Gasteiger partial charge is 0.340 e. The van der Waals surface area contributed by atoms with Gasteiger partial charge in [-0.2, -0.15) is 0 Å². The highest BCUT2D eigenvalue weighted by molar-refractivity contribution is 5.81. The van der Waals surface area contributed by atoms with E-state index in [0.717, 1.165) is 0 Å². The Hall–Kier alpha value is -1.68. The third-order valence-electron chi connectivity index (χ3n) is 2.48. The average molecular weight is 236 g/mol. The van der Waals surface area contributed by atoms with Crippen molar-refractivity contribution >= 4 is 5.91 Å². The van der Waals surface area contributed by atoms with Gasteiger partial charge in [-0.15, -0.1) is 6.58 Å². The van der Waals surface area contributed by atoms with Crippen LogP contribution in [0.2, 0.25) is 0 Å². The van der Waals surface area contributed by atoms with Crippen LogP contribution in [0.4, 0.5) is 4.39 Å². The van der Waals surface area contributed by atoms with E-state index in [1.165, 1.54) is 11.0 Å². The van der Waals surface area contributed by atoms with Crippen LogP contribution in [0.3, 0.4) is 0 Å². The molecule has 0 aromatic heterocycles. The highest BCUT2D eigenvalue weighted by atomic mass is 19.1. The molecule has 0 spiro atoms. The molecule has 0 aliphatic heterocycles. The van der Waals surface area contributed by atoms with E-state index in [2.05, 4.69) is 6.58 Å². The Morgan fingerprint density at radius 2 is 2.24 bits per heavy atom. The molecule has 17 heavy (non-hydrogen) atoms. The van der Waals surface area contributed by atoms with E-state index in [1.54, 1.807) is 31.3 Å². The van der Waals surface area contributed by atoms with Gasteiger partial charge >= 0.3 is 0 Å². The van der Waals surface area contributed by atoms with E-state index >= 15 is 0 Å². The van der Waals surface area contributed by atoms with Gasteiger partial charge in [0.05, 0.1) is 6.04 Å². The number of nitrogens with two attached hydrogens (primary N) is 1. The third-order valence-corrected chi connectivity index (χ3v) is 2.48. The zero-order valence-corrected chi connectivity index (χ0v) is 9.90. The molecule has 4 heteroatoms. The lowest BCUT2D eigenvalue weighted by molar-refractivity contribution is -0.131. The summed E-state index contributed by atoms with van der Waals surface area (Å²) >= 11 is 0. The molecule has 0 saturated heterocycles. The lowest BCUT2D eigenvalue weighted by Gasteiger charge is -2.20. The summed E-state index contributed by atoms with van der Waals surface area (Å²) in [5.41, 5.74) is 6.14.